The Balaban J connectivity index is 1.70. The van der Waals surface area contributed by atoms with Crippen LogP contribution < -0.4 is 15.8 Å². The van der Waals surface area contributed by atoms with Crippen LogP contribution in [0.1, 0.15) is 35.5 Å². The molecule has 2 aliphatic heterocycles. The fourth-order valence-electron chi connectivity index (χ4n) is 3.71. The van der Waals surface area contributed by atoms with E-state index in [2.05, 4.69) is 15.3 Å². The molecule has 0 saturated heterocycles. The van der Waals surface area contributed by atoms with Crippen LogP contribution in [0.25, 0.3) is 0 Å². The number of sulfone groups is 1. The minimum Gasteiger partial charge on any atom is -0.495 e. The Bertz CT molecular complexity index is 1170. The molecule has 164 valence electrons. The first-order chi connectivity index (χ1) is 14.6. The van der Waals surface area contributed by atoms with Crippen molar-refractivity contribution < 1.29 is 22.7 Å². The molecule has 1 amide bonds. The smallest absolute Gasteiger partial charge is 0.274 e. The van der Waals surface area contributed by atoms with Gasteiger partial charge in [0.15, 0.2) is 9.84 Å². The average Bonchev–Trinajstić information content (AvgIpc) is 2.73. The van der Waals surface area contributed by atoms with E-state index in [1.807, 2.05) is 0 Å². The Morgan fingerprint density at radius 2 is 2.03 bits per heavy atom. The van der Waals surface area contributed by atoms with Gasteiger partial charge in [0.2, 0.25) is 0 Å². The van der Waals surface area contributed by atoms with Gasteiger partial charge in [-0.2, -0.15) is 0 Å². The number of amides is 1. The highest BCUT2D eigenvalue weighted by molar-refractivity contribution is 7.93. The maximum atomic E-state index is 13.0. The van der Waals surface area contributed by atoms with E-state index in [1.54, 1.807) is 44.2 Å². The number of fused-ring (bicyclic) bond motifs is 2. The van der Waals surface area contributed by atoms with E-state index < -0.39 is 26.0 Å². The van der Waals surface area contributed by atoms with Gasteiger partial charge in [0.25, 0.3) is 5.91 Å². The summed E-state index contributed by atoms with van der Waals surface area (Å²) in [7, 11) is -2.07. The first kappa shape index (κ1) is 21.3. The van der Waals surface area contributed by atoms with Crippen LogP contribution in [0.2, 0.25) is 0 Å². The van der Waals surface area contributed by atoms with Crippen LogP contribution in [0.5, 0.6) is 5.75 Å². The number of hydrogen-bond donors (Lipinski definition) is 2. The summed E-state index contributed by atoms with van der Waals surface area (Å²) < 4.78 is 35.5. The number of nitrogens with one attached hydrogen (secondary N) is 1. The standard InChI is InChI=1S/C21H24N4O5S/c1-20(2)19(22)25-21(12-31(20,27)28)11-30-10-13-4-5-14(8-16(13)21)24-18(26)17-7-6-15(29-3)9-23-17/h4-9H,10-12H2,1-3H3,(H2,22,25)(H,24,26). The number of anilines is 1. The molecule has 31 heavy (non-hydrogen) atoms. The summed E-state index contributed by atoms with van der Waals surface area (Å²) in [5, 5.41) is 2.80. The average molecular weight is 445 g/mol. The molecule has 2 aromatic rings. The van der Waals surface area contributed by atoms with Crippen molar-refractivity contribution in [2.75, 3.05) is 24.8 Å². The molecule has 0 bridgehead atoms. The molecule has 1 aromatic heterocycles. The van der Waals surface area contributed by atoms with Crippen molar-refractivity contribution in [3.05, 3.63) is 53.3 Å². The van der Waals surface area contributed by atoms with E-state index in [-0.39, 0.29) is 23.9 Å². The van der Waals surface area contributed by atoms with Crippen molar-refractivity contribution in [3.8, 4) is 5.75 Å². The van der Waals surface area contributed by atoms with Crippen LogP contribution in [-0.2, 0) is 26.7 Å². The van der Waals surface area contributed by atoms with Gasteiger partial charge in [-0.05, 0) is 49.2 Å². The van der Waals surface area contributed by atoms with Gasteiger partial charge < -0.3 is 20.5 Å². The first-order valence-electron chi connectivity index (χ1n) is 9.69. The highest BCUT2D eigenvalue weighted by Crippen LogP contribution is 2.42. The zero-order chi connectivity index (χ0) is 22.4. The number of rotatable bonds is 3. The number of benzene rings is 1. The number of hydrogen-bond acceptors (Lipinski definition) is 8. The van der Waals surface area contributed by atoms with E-state index >= 15 is 0 Å². The Morgan fingerprint density at radius 3 is 2.68 bits per heavy atom. The third-order valence-electron chi connectivity index (χ3n) is 5.83. The lowest BCUT2D eigenvalue weighted by atomic mass is 9.86. The van der Waals surface area contributed by atoms with Gasteiger partial charge >= 0.3 is 0 Å². The first-order valence-corrected chi connectivity index (χ1v) is 11.3. The molecule has 3 N–H and O–H groups in total. The summed E-state index contributed by atoms with van der Waals surface area (Å²) in [6.45, 7) is 3.52. The van der Waals surface area contributed by atoms with E-state index in [9.17, 15) is 13.2 Å². The van der Waals surface area contributed by atoms with Crippen LogP contribution in [-0.4, -0.2) is 49.4 Å². The zero-order valence-electron chi connectivity index (χ0n) is 17.5. The molecule has 10 heteroatoms. The number of carbonyl (C=O) groups excluding carboxylic acids is 1. The topological polar surface area (TPSA) is 133 Å². The molecule has 0 fully saturated rings. The van der Waals surface area contributed by atoms with Crippen molar-refractivity contribution in [2.24, 2.45) is 10.7 Å². The normalized spacial score (nSPS) is 23.5. The van der Waals surface area contributed by atoms with E-state index in [4.69, 9.17) is 15.2 Å². The number of carbonyl (C=O) groups is 1. The minimum atomic E-state index is -3.59. The summed E-state index contributed by atoms with van der Waals surface area (Å²) >= 11 is 0. The fraction of sp³-hybridized carbons (Fsp3) is 0.381. The van der Waals surface area contributed by atoms with E-state index in [1.165, 1.54) is 13.3 Å². The number of nitrogens with zero attached hydrogens (tertiary/aromatic N) is 2. The Morgan fingerprint density at radius 1 is 1.26 bits per heavy atom. The summed E-state index contributed by atoms with van der Waals surface area (Å²) in [5.41, 5.74) is 7.16. The van der Waals surface area contributed by atoms with Gasteiger partial charge in [-0.25, -0.2) is 13.4 Å². The predicted octanol–water partition coefficient (Wildman–Crippen LogP) is 1.63. The van der Waals surface area contributed by atoms with Crippen LogP contribution in [0.3, 0.4) is 0 Å². The van der Waals surface area contributed by atoms with Crippen LogP contribution in [0.4, 0.5) is 5.69 Å². The number of amidine groups is 1. The minimum absolute atomic E-state index is 0.0482. The molecule has 1 unspecified atom stereocenters. The Labute approximate surface area is 180 Å². The molecule has 3 heterocycles. The Kier molecular flexibility index (Phi) is 5.01. The molecular formula is C21H24N4O5S. The van der Waals surface area contributed by atoms with Crippen molar-refractivity contribution >= 4 is 27.3 Å². The van der Waals surface area contributed by atoms with Gasteiger partial charge in [-0.1, -0.05) is 6.07 Å². The maximum Gasteiger partial charge on any atom is 0.274 e. The van der Waals surface area contributed by atoms with Gasteiger partial charge in [0.05, 0.1) is 32.3 Å². The van der Waals surface area contributed by atoms with Gasteiger partial charge in [-0.15, -0.1) is 0 Å². The SMILES string of the molecule is COc1ccc(C(=O)Nc2ccc3c(c2)C2(COC3)CS(=O)(=O)C(C)(C)C(N)=N2)nc1. The molecule has 4 rings (SSSR count). The van der Waals surface area contributed by atoms with Gasteiger partial charge in [0, 0.05) is 5.69 Å². The number of ether oxygens (including phenoxy) is 2. The number of pyridine rings is 1. The number of methoxy groups -OCH3 is 1. The fourth-order valence-corrected chi connectivity index (χ4v) is 5.37. The maximum absolute atomic E-state index is 13.0. The summed E-state index contributed by atoms with van der Waals surface area (Å²) in [6.07, 6.45) is 1.46. The molecular weight excluding hydrogens is 420 g/mol. The second kappa shape index (κ2) is 7.31. The highest BCUT2D eigenvalue weighted by Gasteiger charge is 2.52. The van der Waals surface area contributed by atoms with Crippen molar-refractivity contribution in [1.29, 1.82) is 0 Å². The lowest BCUT2D eigenvalue weighted by molar-refractivity contribution is 0.0610. The predicted molar refractivity (Wildman–Crippen MR) is 116 cm³/mol. The molecule has 0 saturated carbocycles. The lowest BCUT2D eigenvalue weighted by Crippen LogP contribution is -2.57. The summed E-state index contributed by atoms with van der Waals surface area (Å²) in [5.74, 6) is -0.0293. The largest absolute Gasteiger partial charge is 0.495 e. The molecule has 1 aromatic carbocycles. The highest BCUT2D eigenvalue weighted by atomic mass is 32.2. The third-order valence-corrected chi connectivity index (χ3v) is 8.45. The van der Waals surface area contributed by atoms with Crippen LogP contribution in [0, 0.1) is 0 Å². The molecule has 0 aliphatic carbocycles. The molecule has 1 atom stereocenters. The van der Waals surface area contributed by atoms with Crippen LogP contribution >= 0.6 is 0 Å². The monoisotopic (exact) mass is 444 g/mol. The van der Waals surface area contributed by atoms with Crippen molar-refractivity contribution in [3.63, 3.8) is 0 Å². The van der Waals surface area contributed by atoms with E-state index in [0.29, 0.717) is 23.6 Å². The quantitative estimate of drug-likeness (QED) is 0.735. The zero-order valence-corrected chi connectivity index (χ0v) is 18.3. The molecule has 2 aliphatic rings. The second-order valence-corrected chi connectivity index (χ2v) is 10.7. The summed E-state index contributed by atoms with van der Waals surface area (Å²) in [4.78, 5) is 21.3. The molecule has 0 radical (unpaired) electrons. The van der Waals surface area contributed by atoms with E-state index in [0.717, 1.165) is 5.56 Å². The lowest BCUT2D eigenvalue weighted by Gasteiger charge is -2.42. The van der Waals surface area contributed by atoms with Gasteiger partial charge in [0.1, 0.15) is 27.6 Å². The number of aromatic nitrogens is 1. The van der Waals surface area contributed by atoms with Crippen molar-refractivity contribution in [2.45, 2.75) is 30.7 Å². The van der Waals surface area contributed by atoms with Crippen molar-refractivity contribution in [1.82, 2.24) is 4.98 Å². The molecule has 1 spiro atoms. The third kappa shape index (κ3) is 3.55. The second-order valence-electron chi connectivity index (χ2n) is 8.20. The van der Waals surface area contributed by atoms with Crippen LogP contribution in [0.15, 0.2) is 41.5 Å². The number of aliphatic imine (C=N–C) groups is 1. The number of nitrogens with two attached hydrogens (primary N) is 1. The molecule has 9 nitrogen and oxygen atoms in total. The summed E-state index contributed by atoms with van der Waals surface area (Å²) in [6, 6.07) is 8.47. The van der Waals surface area contributed by atoms with Gasteiger partial charge in [-0.3, -0.25) is 9.79 Å². The Hall–Kier alpha value is -2.98.